The number of hydrogen-bond donors (Lipinski definition) is 6. The van der Waals surface area contributed by atoms with Gasteiger partial charge in [-0.25, -0.2) is 4.79 Å². The van der Waals surface area contributed by atoms with Crippen LogP contribution in [0.15, 0.2) is 60.8 Å². The van der Waals surface area contributed by atoms with Gasteiger partial charge in [0.15, 0.2) is 0 Å². The van der Waals surface area contributed by atoms with E-state index in [-0.39, 0.29) is 32.2 Å². The molecule has 1 fully saturated rings. The number of aliphatic carboxylic acids is 2. The highest BCUT2D eigenvalue weighted by molar-refractivity contribution is 5.95. The van der Waals surface area contributed by atoms with E-state index < -0.39 is 60.2 Å². The lowest BCUT2D eigenvalue weighted by Gasteiger charge is -2.29. The minimum Gasteiger partial charge on any atom is -0.481 e. The molecule has 1 aromatic heterocycles. The fraction of sp³-hybridized carbons (Fsp3) is 0.367. The number of hydrogen-bond acceptors (Lipinski definition) is 6. The van der Waals surface area contributed by atoms with Crippen LogP contribution >= 0.6 is 0 Å². The number of benzene rings is 2. The number of carboxylic acids is 2. The quantitative estimate of drug-likeness (QED) is 0.174. The number of H-pyrrole nitrogens is 1. The third kappa shape index (κ3) is 7.52. The number of amides is 3. The zero-order valence-electron chi connectivity index (χ0n) is 23.0. The summed E-state index contributed by atoms with van der Waals surface area (Å²) in [6.07, 6.45) is 2.09. The van der Waals surface area contributed by atoms with Crippen molar-refractivity contribution < 1.29 is 34.2 Å². The van der Waals surface area contributed by atoms with Crippen LogP contribution in [0.3, 0.4) is 0 Å². The largest absolute Gasteiger partial charge is 0.481 e. The molecular formula is C30H35N5O7. The van der Waals surface area contributed by atoms with Crippen molar-refractivity contribution >= 4 is 40.6 Å². The maximum Gasteiger partial charge on any atom is 0.326 e. The fourth-order valence-electron chi connectivity index (χ4n) is 5.25. The Balaban J connectivity index is 1.56. The Bertz CT molecular complexity index is 1440. The van der Waals surface area contributed by atoms with Gasteiger partial charge in [0.2, 0.25) is 17.7 Å². The van der Waals surface area contributed by atoms with Crippen LogP contribution in [0.1, 0.15) is 36.8 Å². The molecule has 7 N–H and O–H groups in total. The number of para-hydroxylation sites is 1. The maximum atomic E-state index is 13.7. The maximum absolute atomic E-state index is 13.7. The summed E-state index contributed by atoms with van der Waals surface area (Å²) in [5.74, 6) is -4.30. The number of rotatable bonds is 13. The Morgan fingerprint density at radius 3 is 2.33 bits per heavy atom. The molecule has 42 heavy (non-hydrogen) atoms. The second-order valence-corrected chi connectivity index (χ2v) is 10.4. The van der Waals surface area contributed by atoms with E-state index in [2.05, 4.69) is 15.6 Å². The minimum atomic E-state index is -1.30. The summed E-state index contributed by atoms with van der Waals surface area (Å²) >= 11 is 0. The molecule has 1 aliphatic rings. The van der Waals surface area contributed by atoms with Crippen molar-refractivity contribution in [3.05, 3.63) is 71.9 Å². The molecule has 2 heterocycles. The predicted octanol–water partition coefficient (Wildman–Crippen LogP) is 1.19. The van der Waals surface area contributed by atoms with E-state index in [0.29, 0.717) is 6.42 Å². The lowest BCUT2D eigenvalue weighted by molar-refractivity contribution is -0.150. The van der Waals surface area contributed by atoms with Crippen molar-refractivity contribution in [2.75, 3.05) is 6.54 Å². The number of aromatic amines is 1. The summed E-state index contributed by atoms with van der Waals surface area (Å²) in [5.41, 5.74) is 8.60. The zero-order chi connectivity index (χ0) is 30.2. The molecule has 222 valence electrons. The number of carbonyl (C=O) groups is 5. The Morgan fingerprint density at radius 2 is 1.62 bits per heavy atom. The summed E-state index contributed by atoms with van der Waals surface area (Å²) in [6, 6.07) is 12.2. The first-order chi connectivity index (χ1) is 20.1. The molecule has 1 aliphatic heterocycles. The molecule has 3 amide bonds. The molecule has 3 aromatic rings. The first kappa shape index (κ1) is 30.3. The van der Waals surface area contributed by atoms with Gasteiger partial charge in [0.1, 0.15) is 18.1 Å². The predicted molar refractivity (Wildman–Crippen MR) is 153 cm³/mol. The Morgan fingerprint density at radius 1 is 0.929 bits per heavy atom. The Labute approximate surface area is 242 Å². The molecule has 0 radical (unpaired) electrons. The van der Waals surface area contributed by atoms with Gasteiger partial charge in [-0.3, -0.25) is 19.2 Å². The van der Waals surface area contributed by atoms with Gasteiger partial charge < -0.3 is 36.5 Å². The fourth-order valence-corrected chi connectivity index (χ4v) is 5.25. The SMILES string of the molecule is NC(Cc1ccccc1)C(=O)NC(Cc1c[nH]c2ccccc12)C(=O)NC(CCC(=O)O)C(=O)N1CCCC1C(=O)O. The van der Waals surface area contributed by atoms with Crippen molar-refractivity contribution in [1.29, 1.82) is 0 Å². The normalized spacial score (nSPS) is 16.9. The lowest BCUT2D eigenvalue weighted by Crippen LogP contribution is -2.57. The van der Waals surface area contributed by atoms with Crippen LogP contribution in [0.5, 0.6) is 0 Å². The number of nitrogens with two attached hydrogens (primary N) is 1. The molecule has 0 saturated carbocycles. The third-order valence-corrected chi connectivity index (χ3v) is 7.45. The summed E-state index contributed by atoms with van der Waals surface area (Å²) in [7, 11) is 0. The molecule has 0 aliphatic carbocycles. The Kier molecular flexibility index (Phi) is 9.92. The van der Waals surface area contributed by atoms with E-state index in [1.165, 1.54) is 0 Å². The summed E-state index contributed by atoms with van der Waals surface area (Å²) < 4.78 is 0. The highest BCUT2D eigenvalue weighted by atomic mass is 16.4. The molecule has 2 aromatic carbocycles. The highest BCUT2D eigenvalue weighted by Crippen LogP contribution is 2.21. The number of nitrogens with zero attached hydrogens (tertiary/aromatic N) is 1. The van der Waals surface area contributed by atoms with E-state index in [1.807, 2.05) is 54.6 Å². The molecule has 12 nitrogen and oxygen atoms in total. The van der Waals surface area contributed by atoms with Crippen molar-refractivity contribution in [2.45, 2.75) is 62.7 Å². The van der Waals surface area contributed by atoms with Gasteiger partial charge in [0, 0.05) is 36.5 Å². The van der Waals surface area contributed by atoms with Crippen LogP contribution in [-0.4, -0.2) is 80.5 Å². The molecule has 4 atom stereocenters. The van der Waals surface area contributed by atoms with Gasteiger partial charge in [0.25, 0.3) is 0 Å². The highest BCUT2D eigenvalue weighted by Gasteiger charge is 2.38. The number of nitrogens with one attached hydrogen (secondary N) is 3. The first-order valence-electron chi connectivity index (χ1n) is 13.8. The summed E-state index contributed by atoms with van der Waals surface area (Å²) in [6.45, 7) is 0.180. The molecule has 0 spiro atoms. The Hall–Kier alpha value is -4.71. The molecular weight excluding hydrogens is 542 g/mol. The first-order valence-corrected chi connectivity index (χ1v) is 13.8. The van der Waals surface area contributed by atoms with E-state index in [4.69, 9.17) is 5.73 Å². The van der Waals surface area contributed by atoms with Gasteiger partial charge in [-0.05, 0) is 42.9 Å². The van der Waals surface area contributed by atoms with E-state index in [9.17, 15) is 34.2 Å². The van der Waals surface area contributed by atoms with Crippen molar-refractivity contribution in [3.8, 4) is 0 Å². The van der Waals surface area contributed by atoms with Crippen LogP contribution in [0.4, 0.5) is 0 Å². The van der Waals surface area contributed by atoms with E-state index in [0.717, 1.165) is 26.9 Å². The summed E-state index contributed by atoms with van der Waals surface area (Å²) in [5, 5.41) is 25.0. The number of likely N-dealkylation sites (tertiary alicyclic amines) is 1. The molecule has 4 unspecified atom stereocenters. The zero-order valence-corrected chi connectivity index (χ0v) is 23.0. The van der Waals surface area contributed by atoms with Gasteiger partial charge in [-0.15, -0.1) is 0 Å². The van der Waals surface area contributed by atoms with E-state index in [1.54, 1.807) is 6.20 Å². The second kappa shape index (κ2) is 13.8. The number of carboxylic acid groups (broad SMARTS) is 2. The van der Waals surface area contributed by atoms with Crippen molar-refractivity contribution in [2.24, 2.45) is 5.73 Å². The average molecular weight is 578 g/mol. The number of carbonyl (C=O) groups excluding carboxylic acids is 3. The molecule has 1 saturated heterocycles. The molecule has 12 heteroatoms. The monoisotopic (exact) mass is 577 g/mol. The molecule has 4 rings (SSSR count). The number of fused-ring (bicyclic) bond motifs is 1. The lowest BCUT2D eigenvalue weighted by atomic mass is 10.0. The second-order valence-electron chi connectivity index (χ2n) is 10.4. The van der Waals surface area contributed by atoms with E-state index >= 15 is 0 Å². The van der Waals surface area contributed by atoms with Gasteiger partial charge in [-0.2, -0.15) is 0 Å². The average Bonchev–Trinajstić information content (AvgIpc) is 3.63. The molecule has 0 bridgehead atoms. The van der Waals surface area contributed by atoms with Crippen molar-refractivity contribution in [3.63, 3.8) is 0 Å². The minimum absolute atomic E-state index is 0.0565. The van der Waals surface area contributed by atoms with Gasteiger partial charge in [-0.1, -0.05) is 48.5 Å². The van der Waals surface area contributed by atoms with Crippen molar-refractivity contribution in [1.82, 2.24) is 20.5 Å². The van der Waals surface area contributed by atoms with Crippen LogP contribution in [0.2, 0.25) is 0 Å². The smallest absolute Gasteiger partial charge is 0.326 e. The summed E-state index contributed by atoms with van der Waals surface area (Å²) in [4.78, 5) is 67.6. The van der Waals surface area contributed by atoms with Crippen LogP contribution in [0.25, 0.3) is 10.9 Å². The number of aromatic nitrogens is 1. The third-order valence-electron chi connectivity index (χ3n) is 7.45. The topological polar surface area (TPSA) is 195 Å². The van der Waals surface area contributed by atoms with Gasteiger partial charge >= 0.3 is 11.9 Å². The van der Waals surface area contributed by atoms with Crippen LogP contribution in [-0.2, 0) is 36.8 Å². The van der Waals surface area contributed by atoms with Crippen LogP contribution in [0, 0.1) is 0 Å². The van der Waals surface area contributed by atoms with Crippen LogP contribution < -0.4 is 16.4 Å². The van der Waals surface area contributed by atoms with Gasteiger partial charge in [0.05, 0.1) is 6.04 Å². The standard InChI is InChI=1S/C30H35N5O7/c31-21(15-18-7-2-1-3-8-18)27(38)34-24(16-19-17-32-22-10-5-4-9-20(19)22)28(39)33-23(12-13-26(36)37)29(40)35-14-6-11-25(35)30(41)42/h1-5,7-10,17,21,23-25,32H,6,11-16,31H2,(H,33,39)(H,34,38)(H,36,37)(H,41,42).